The maximum atomic E-state index is 10.6. The molecule has 2 rings (SSSR count). The molecule has 1 nitrogen and oxygen atoms in total. The molecule has 0 spiro atoms. The van der Waals surface area contributed by atoms with Gasteiger partial charge >= 0.3 is 0 Å². The fourth-order valence-corrected chi connectivity index (χ4v) is 2.25. The average molecular weight is 188 g/mol. The van der Waals surface area contributed by atoms with E-state index < -0.39 is 0 Å². The number of carbonyl (C=O) groups excluding carboxylic acids is 1. The van der Waals surface area contributed by atoms with Gasteiger partial charge in [0.05, 0.1) is 0 Å². The molecule has 0 heterocycles. The number of rotatable bonds is 4. The third-order valence-corrected chi connectivity index (χ3v) is 3.30. The second-order valence-electron chi connectivity index (χ2n) is 4.11. The Hall–Kier alpha value is -1.11. The van der Waals surface area contributed by atoms with E-state index in [0.29, 0.717) is 12.3 Å². The van der Waals surface area contributed by atoms with Crippen molar-refractivity contribution in [3.8, 4) is 0 Å². The summed E-state index contributed by atoms with van der Waals surface area (Å²) in [6.07, 6.45) is 5.69. The van der Waals surface area contributed by atoms with Crippen LogP contribution in [0.3, 0.4) is 0 Å². The van der Waals surface area contributed by atoms with E-state index in [2.05, 4.69) is 24.3 Å². The molecule has 1 atom stereocenters. The Balaban J connectivity index is 2.13. The molecule has 1 unspecified atom stereocenters. The van der Waals surface area contributed by atoms with Crippen molar-refractivity contribution in [2.45, 2.75) is 31.6 Å². The topological polar surface area (TPSA) is 17.1 Å². The van der Waals surface area contributed by atoms with Crippen LogP contribution in [-0.2, 0) is 4.79 Å². The van der Waals surface area contributed by atoms with E-state index in [1.165, 1.54) is 24.8 Å². The van der Waals surface area contributed by atoms with E-state index in [4.69, 9.17) is 0 Å². The van der Waals surface area contributed by atoms with Gasteiger partial charge in [0, 0.05) is 6.42 Å². The Morgan fingerprint density at radius 1 is 1.29 bits per heavy atom. The molecule has 0 amide bonds. The minimum atomic E-state index is 0.474. The van der Waals surface area contributed by atoms with E-state index in [1.807, 2.05) is 6.07 Å². The zero-order valence-corrected chi connectivity index (χ0v) is 8.36. The third-order valence-electron chi connectivity index (χ3n) is 3.30. The molecule has 1 fully saturated rings. The van der Waals surface area contributed by atoms with E-state index >= 15 is 0 Å². The van der Waals surface area contributed by atoms with Crippen LogP contribution in [0.15, 0.2) is 30.3 Å². The van der Waals surface area contributed by atoms with Crippen molar-refractivity contribution < 1.29 is 4.79 Å². The van der Waals surface area contributed by atoms with Crippen LogP contribution in [0.5, 0.6) is 0 Å². The summed E-state index contributed by atoms with van der Waals surface area (Å²) in [6.45, 7) is 0. The fraction of sp³-hybridized carbons (Fsp3) is 0.462. The van der Waals surface area contributed by atoms with Crippen LogP contribution >= 0.6 is 0 Å². The molecule has 1 aliphatic rings. The largest absolute Gasteiger partial charge is 0.303 e. The van der Waals surface area contributed by atoms with Gasteiger partial charge in [-0.2, -0.15) is 0 Å². The Bertz CT molecular complexity index is 287. The molecule has 0 N–H and O–H groups in total. The summed E-state index contributed by atoms with van der Waals surface area (Å²) in [5.41, 5.74) is 1.34. The predicted octanol–water partition coefficient (Wildman–Crippen LogP) is 3.16. The lowest BCUT2D eigenvalue weighted by Crippen LogP contribution is -2.20. The van der Waals surface area contributed by atoms with Gasteiger partial charge in [-0.1, -0.05) is 36.8 Å². The number of hydrogen-bond acceptors (Lipinski definition) is 1. The van der Waals surface area contributed by atoms with E-state index in [-0.39, 0.29) is 0 Å². The lowest BCUT2D eigenvalue weighted by atomic mass is 9.72. The van der Waals surface area contributed by atoms with Crippen LogP contribution in [-0.4, -0.2) is 6.29 Å². The van der Waals surface area contributed by atoms with Gasteiger partial charge in [-0.05, 0) is 30.2 Å². The first-order chi connectivity index (χ1) is 6.92. The third kappa shape index (κ3) is 1.87. The highest BCUT2D eigenvalue weighted by Crippen LogP contribution is 2.40. The normalized spacial score (nSPS) is 18.6. The van der Waals surface area contributed by atoms with Gasteiger partial charge in [0.15, 0.2) is 0 Å². The summed E-state index contributed by atoms with van der Waals surface area (Å²) in [5.74, 6) is 1.23. The van der Waals surface area contributed by atoms with Gasteiger partial charge in [-0.3, -0.25) is 0 Å². The first-order valence-electron chi connectivity index (χ1n) is 5.40. The summed E-state index contributed by atoms with van der Waals surface area (Å²) in [6, 6.07) is 10.4. The van der Waals surface area contributed by atoms with Gasteiger partial charge in [-0.15, -0.1) is 0 Å². The maximum absolute atomic E-state index is 10.6. The quantitative estimate of drug-likeness (QED) is 0.663. The highest BCUT2D eigenvalue weighted by molar-refractivity contribution is 5.52. The minimum absolute atomic E-state index is 0.474. The molecular weight excluding hydrogens is 172 g/mol. The molecule has 14 heavy (non-hydrogen) atoms. The summed E-state index contributed by atoms with van der Waals surface area (Å²) in [7, 11) is 0. The van der Waals surface area contributed by atoms with Crippen molar-refractivity contribution in [2.75, 3.05) is 0 Å². The van der Waals surface area contributed by atoms with Crippen LogP contribution in [0.4, 0.5) is 0 Å². The standard InChI is InChI=1S/C13H16O/c14-10-9-13(12-7-4-8-12)11-5-2-1-3-6-11/h1-3,5-6,10,12-13H,4,7-9H2. The van der Waals surface area contributed by atoms with Gasteiger partial charge < -0.3 is 4.79 Å². The monoisotopic (exact) mass is 188 g/mol. The van der Waals surface area contributed by atoms with Crippen LogP contribution in [0, 0.1) is 5.92 Å². The zero-order valence-electron chi connectivity index (χ0n) is 8.36. The van der Waals surface area contributed by atoms with Gasteiger partial charge in [-0.25, -0.2) is 0 Å². The van der Waals surface area contributed by atoms with Crippen molar-refractivity contribution in [1.82, 2.24) is 0 Å². The minimum Gasteiger partial charge on any atom is -0.303 e. The molecule has 0 bridgehead atoms. The second kappa shape index (κ2) is 4.41. The molecule has 74 valence electrons. The van der Waals surface area contributed by atoms with Gasteiger partial charge in [0.25, 0.3) is 0 Å². The van der Waals surface area contributed by atoms with Crippen molar-refractivity contribution in [2.24, 2.45) is 5.92 Å². The average Bonchev–Trinajstić information content (AvgIpc) is 2.16. The molecule has 1 aromatic carbocycles. The van der Waals surface area contributed by atoms with E-state index in [9.17, 15) is 4.79 Å². The summed E-state index contributed by atoms with van der Waals surface area (Å²) < 4.78 is 0. The van der Waals surface area contributed by atoms with Crippen molar-refractivity contribution in [1.29, 1.82) is 0 Å². The lowest BCUT2D eigenvalue weighted by molar-refractivity contribution is -0.108. The van der Waals surface area contributed by atoms with Crippen LogP contribution in [0.2, 0.25) is 0 Å². The van der Waals surface area contributed by atoms with Crippen molar-refractivity contribution in [3.05, 3.63) is 35.9 Å². The lowest BCUT2D eigenvalue weighted by Gasteiger charge is -2.33. The first-order valence-corrected chi connectivity index (χ1v) is 5.40. The molecule has 0 aliphatic heterocycles. The molecular formula is C13H16O. The Kier molecular flexibility index (Phi) is 2.97. The summed E-state index contributed by atoms with van der Waals surface area (Å²) >= 11 is 0. The highest BCUT2D eigenvalue weighted by Gasteiger charge is 2.27. The van der Waals surface area contributed by atoms with E-state index in [0.717, 1.165) is 12.2 Å². The second-order valence-corrected chi connectivity index (χ2v) is 4.11. The molecule has 0 aromatic heterocycles. The van der Waals surface area contributed by atoms with Crippen molar-refractivity contribution in [3.63, 3.8) is 0 Å². The molecule has 0 saturated heterocycles. The van der Waals surface area contributed by atoms with Crippen LogP contribution < -0.4 is 0 Å². The highest BCUT2D eigenvalue weighted by atomic mass is 16.1. The smallest absolute Gasteiger partial charge is 0.120 e. The summed E-state index contributed by atoms with van der Waals surface area (Å²) in [4.78, 5) is 10.6. The number of hydrogen-bond donors (Lipinski definition) is 0. The Labute approximate surface area is 85.1 Å². The number of benzene rings is 1. The summed E-state index contributed by atoms with van der Waals surface area (Å²) in [5, 5.41) is 0. The molecule has 0 radical (unpaired) electrons. The zero-order chi connectivity index (χ0) is 9.80. The van der Waals surface area contributed by atoms with Crippen LogP contribution in [0.25, 0.3) is 0 Å². The number of aldehydes is 1. The van der Waals surface area contributed by atoms with E-state index in [1.54, 1.807) is 0 Å². The maximum Gasteiger partial charge on any atom is 0.120 e. The number of carbonyl (C=O) groups is 1. The Morgan fingerprint density at radius 3 is 2.50 bits per heavy atom. The Morgan fingerprint density at radius 2 is 2.00 bits per heavy atom. The molecule has 1 aliphatic carbocycles. The molecule has 1 saturated carbocycles. The van der Waals surface area contributed by atoms with Gasteiger partial charge in [0.2, 0.25) is 0 Å². The fourth-order valence-electron chi connectivity index (χ4n) is 2.25. The van der Waals surface area contributed by atoms with Gasteiger partial charge in [0.1, 0.15) is 6.29 Å². The van der Waals surface area contributed by atoms with Crippen molar-refractivity contribution >= 4 is 6.29 Å². The first kappa shape index (κ1) is 9.45. The predicted molar refractivity (Wildman–Crippen MR) is 57.2 cm³/mol. The molecule has 1 heteroatoms. The van der Waals surface area contributed by atoms with Crippen LogP contribution in [0.1, 0.15) is 37.2 Å². The molecule has 1 aromatic rings. The SMILES string of the molecule is O=CCC(c1ccccc1)C1CCC1.